The second-order valence-corrected chi connectivity index (χ2v) is 30.3. The van der Waals surface area contributed by atoms with Gasteiger partial charge in [-0.15, -0.1) is 0 Å². The highest BCUT2D eigenvalue weighted by Crippen LogP contribution is 2.51. The zero-order chi connectivity index (χ0) is 89.3. The quantitative estimate of drug-likeness (QED) is 0.0729. The zero-order valence-electron chi connectivity index (χ0n) is 67.3. The number of aryl methyl sites for hydroxylation is 1. The van der Waals surface area contributed by atoms with Gasteiger partial charge in [-0.2, -0.15) is 21.0 Å². The number of allylic oxidation sites excluding steroid dienone is 4. The fraction of sp³-hybridized carbons (Fsp3) is 0.0707. The van der Waals surface area contributed by atoms with Crippen molar-refractivity contribution < 1.29 is 46.1 Å². The maximum absolute atomic E-state index is 13.1. The smallest absolute Gasteiger partial charge is 0.344 e. The van der Waals surface area contributed by atoms with Crippen molar-refractivity contribution in [1.29, 1.82) is 21.0 Å². The highest BCUT2D eigenvalue weighted by Gasteiger charge is 2.41. The molecule has 0 spiro atoms. The Morgan fingerprint density at radius 1 is 0.344 bits per heavy atom. The summed E-state index contributed by atoms with van der Waals surface area (Å²) < 4.78 is 56.3. The Bertz CT molecular complexity index is 7850. The van der Waals surface area contributed by atoms with Gasteiger partial charge in [-0.1, -0.05) is 156 Å². The molecular formula is C99H63Cl3N12O14. The molecule has 8 N–H and O–H groups in total. The van der Waals surface area contributed by atoms with E-state index in [1.54, 1.807) is 173 Å². The molecule has 8 aromatic carbocycles. The van der Waals surface area contributed by atoms with Gasteiger partial charge in [0.25, 0.3) is 0 Å². The monoisotopic (exact) mass is 1750 g/mol. The summed E-state index contributed by atoms with van der Waals surface area (Å²) in [6.45, 7) is 1.85. The minimum atomic E-state index is -0.809. The van der Waals surface area contributed by atoms with Crippen LogP contribution in [0.4, 0.5) is 0 Å². The SMILES string of the molecule is COc1ccc(C2C(C#N)=C(N)Oc3c2c(=O)oc2ccccc32)cc1-c1cccnc1.COc1ccc(C2C(C#N)=C(N)Oc3c2c(=O)oc2ccccc32)cc1-c1cnc(C)cc1Cl.N#CC1=C(N)Oc2c(c(=O)oc3ccccc23)C1c1ccc(-c2cccnc2)cc1.N#CC1=C(N)Oc2c(c(=O)oc3ccccc23)C1c1ccc(-c2cnc(Cl)c(Cl)c2)cc1. The van der Waals surface area contributed by atoms with E-state index in [9.17, 15) is 40.2 Å². The predicted octanol–water partition coefficient (Wildman–Crippen LogP) is 18.6. The molecule has 128 heavy (non-hydrogen) atoms. The Labute approximate surface area is 740 Å². The molecule has 4 atom stereocenters. The second kappa shape index (κ2) is 35.1. The topological polar surface area (TPSA) is 427 Å². The number of methoxy groups -OCH3 is 2. The van der Waals surface area contributed by atoms with Crippen LogP contribution >= 0.6 is 34.8 Å². The molecule has 4 unspecified atom stereocenters. The Hall–Kier alpha value is -17.0. The van der Waals surface area contributed by atoms with Crippen LogP contribution in [0.2, 0.25) is 15.2 Å². The van der Waals surface area contributed by atoms with Gasteiger partial charge in [0, 0.05) is 70.7 Å². The Kier molecular flexibility index (Phi) is 22.8. The molecule has 624 valence electrons. The molecule has 0 bridgehead atoms. The van der Waals surface area contributed by atoms with Crippen molar-refractivity contribution >= 4 is 78.7 Å². The van der Waals surface area contributed by atoms with E-state index in [0.29, 0.717) is 110 Å². The van der Waals surface area contributed by atoms with Gasteiger partial charge in [0.05, 0.1) is 91.7 Å². The lowest BCUT2D eigenvalue weighted by atomic mass is 9.82. The van der Waals surface area contributed by atoms with Gasteiger partial charge in [0.2, 0.25) is 23.5 Å². The third-order valence-corrected chi connectivity index (χ3v) is 22.9. The Morgan fingerprint density at radius 2 is 0.688 bits per heavy atom. The summed E-state index contributed by atoms with van der Waals surface area (Å²) in [7, 11) is 3.13. The number of hydrogen-bond acceptors (Lipinski definition) is 26. The van der Waals surface area contributed by atoms with Crippen molar-refractivity contribution in [2.45, 2.75) is 30.6 Å². The summed E-state index contributed by atoms with van der Waals surface area (Å²) in [6, 6.07) is 73.3. The summed E-state index contributed by atoms with van der Waals surface area (Å²) in [5.74, 6) is -0.730. The number of ether oxygens (including phenoxy) is 6. The normalized spacial score (nSPS) is 15.1. The average Bonchev–Trinajstić information content (AvgIpc) is 0.769. The van der Waals surface area contributed by atoms with Crippen LogP contribution in [0.25, 0.3) is 88.4 Å². The minimum absolute atomic E-state index is 0.0120. The average molecular weight is 1750 g/mol. The first kappa shape index (κ1) is 83.3. The minimum Gasteiger partial charge on any atom is -0.496 e. The summed E-state index contributed by atoms with van der Waals surface area (Å²) in [5, 5.41) is 42.8. The molecular weight excluding hydrogens is 1690 g/mol. The Morgan fingerprint density at radius 3 is 1.04 bits per heavy atom. The third-order valence-electron chi connectivity index (χ3n) is 21.9. The highest BCUT2D eigenvalue weighted by molar-refractivity contribution is 6.41. The van der Waals surface area contributed by atoms with Gasteiger partial charge in [-0.25, -0.2) is 24.2 Å². The standard InChI is InChI=1S/C26H18ClN3O4.C25H17N3O4.C24H13Cl2N3O3.C24H15N3O3/c1-13-9-19(27)18(12-30-13)16-10-14(7-8-20(16)32-2)22-17(11-28)25(29)34-24-15-5-3-4-6-21(15)33-26(31)23(22)24;1-30-19-9-8-14(11-17(19)15-5-4-10-28-13-15)21-18(12-26)24(27)32-23-16-6-2-3-7-20(16)31-25(29)22(21)23;25-17-9-14(11-29-22(17)26)12-5-7-13(8-6-12)19-16(10-27)23(28)32-21-15-3-1-2-4-18(15)31-24(30)20(19)21;25-12-18-20(15-9-7-14(8-10-15)16-4-3-11-27-13-16)21-22(30-23(18)26)17-5-1-2-6-19(17)29-24(21)28/h3-10,12,22H,29H2,1-2H3;2-11,13,21H,27H2,1H3;1-9,11,19H,28H2;1-11,13,20H,26H2. The van der Waals surface area contributed by atoms with E-state index in [1.807, 2.05) is 104 Å². The molecule has 0 amide bonds. The first-order chi connectivity index (χ1) is 62.2. The predicted molar refractivity (Wildman–Crippen MR) is 479 cm³/mol. The zero-order valence-corrected chi connectivity index (χ0v) is 69.6. The number of fused-ring (bicyclic) bond motifs is 12. The second-order valence-electron chi connectivity index (χ2n) is 29.2. The number of halogens is 3. The van der Waals surface area contributed by atoms with Crippen LogP contribution in [0.1, 0.15) is 73.9 Å². The van der Waals surface area contributed by atoms with Crippen molar-refractivity contribution in [2.24, 2.45) is 22.9 Å². The number of nitrogens with two attached hydrogens (primary N) is 4. The fourth-order valence-electron chi connectivity index (χ4n) is 15.9. The van der Waals surface area contributed by atoms with Crippen LogP contribution in [0.5, 0.6) is 34.5 Å². The van der Waals surface area contributed by atoms with E-state index >= 15 is 0 Å². The molecule has 0 saturated heterocycles. The van der Waals surface area contributed by atoms with Crippen LogP contribution in [0, 0.1) is 52.2 Å². The fourth-order valence-corrected chi connectivity index (χ4v) is 16.5. The maximum atomic E-state index is 13.1. The third kappa shape index (κ3) is 15.4. The van der Waals surface area contributed by atoms with Gasteiger partial charge >= 0.3 is 22.5 Å². The molecule has 4 aliphatic heterocycles. The largest absolute Gasteiger partial charge is 0.496 e. The molecule has 20 rings (SSSR count). The van der Waals surface area contributed by atoms with Gasteiger partial charge in [-0.3, -0.25) is 15.0 Å². The van der Waals surface area contributed by atoms with E-state index in [4.69, 9.17) is 104 Å². The van der Waals surface area contributed by atoms with Gasteiger partial charge < -0.3 is 69.0 Å². The van der Waals surface area contributed by atoms with Crippen molar-refractivity contribution in [2.75, 3.05) is 14.2 Å². The first-order valence-corrected chi connectivity index (χ1v) is 40.2. The Balaban J connectivity index is 0.000000120. The van der Waals surface area contributed by atoms with E-state index in [0.717, 1.165) is 44.6 Å². The molecule has 0 aliphatic carbocycles. The van der Waals surface area contributed by atoms with Gasteiger partial charge in [0.15, 0.2) is 23.0 Å². The van der Waals surface area contributed by atoms with Crippen LogP contribution in [-0.2, 0) is 0 Å². The maximum Gasteiger partial charge on any atom is 0.344 e. The van der Waals surface area contributed by atoms with Crippen LogP contribution < -0.4 is 73.9 Å². The molecule has 0 fully saturated rings. The molecule has 0 radical (unpaired) electrons. The lowest BCUT2D eigenvalue weighted by Gasteiger charge is -2.26. The lowest BCUT2D eigenvalue weighted by molar-refractivity contribution is 0.387. The molecule has 29 heteroatoms. The van der Waals surface area contributed by atoms with E-state index in [1.165, 1.54) is 0 Å². The number of hydrogen-bond donors (Lipinski definition) is 4. The van der Waals surface area contributed by atoms with E-state index in [2.05, 4.69) is 44.2 Å². The molecule has 12 heterocycles. The molecule has 8 aromatic heterocycles. The van der Waals surface area contributed by atoms with Crippen LogP contribution in [-0.4, -0.2) is 34.2 Å². The number of nitriles is 4. The number of pyridine rings is 4. The van der Waals surface area contributed by atoms with Crippen LogP contribution in [0.3, 0.4) is 0 Å². The summed E-state index contributed by atoms with van der Waals surface area (Å²) in [5.41, 5.74) is 35.2. The van der Waals surface area contributed by atoms with Crippen molar-refractivity contribution in [1.82, 2.24) is 19.9 Å². The summed E-state index contributed by atoms with van der Waals surface area (Å²) >= 11 is 18.5. The number of para-hydroxylation sites is 4. The highest BCUT2D eigenvalue weighted by atomic mass is 35.5. The number of benzene rings is 8. The van der Waals surface area contributed by atoms with E-state index in [-0.39, 0.29) is 79.0 Å². The molecule has 16 aromatic rings. The molecule has 4 aliphatic rings. The number of nitrogens with zero attached hydrogens (tertiary/aromatic N) is 8. The first-order valence-electron chi connectivity index (χ1n) is 39.0. The van der Waals surface area contributed by atoms with Gasteiger partial charge in [0.1, 0.15) is 85.6 Å². The van der Waals surface area contributed by atoms with Gasteiger partial charge in [-0.05, 0) is 143 Å². The van der Waals surface area contributed by atoms with Crippen molar-refractivity contribution in [3.63, 3.8) is 0 Å². The summed E-state index contributed by atoms with van der Waals surface area (Å²) in [6.07, 6.45) is 10.2. The molecule has 0 saturated carbocycles. The van der Waals surface area contributed by atoms with E-state index < -0.39 is 46.2 Å². The number of aromatic nitrogens is 4. The van der Waals surface area contributed by atoms with Crippen molar-refractivity contribution in [3.8, 4) is 103 Å². The van der Waals surface area contributed by atoms with Crippen LogP contribution in [0.15, 0.2) is 338 Å². The summed E-state index contributed by atoms with van der Waals surface area (Å²) in [4.78, 5) is 68.7. The molecule has 26 nitrogen and oxygen atoms in total. The van der Waals surface area contributed by atoms with Crippen molar-refractivity contribution in [3.05, 3.63) is 408 Å². The number of rotatable bonds is 10. The lowest BCUT2D eigenvalue weighted by Crippen LogP contribution is -2.26.